The monoisotopic (exact) mass is 258 g/mol. The van der Waals surface area contributed by atoms with Crippen molar-refractivity contribution >= 4 is 17.5 Å². The number of aromatic hydroxyl groups is 1. The van der Waals surface area contributed by atoms with E-state index in [9.17, 15) is 9.50 Å². The van der Waals surface area contributed by atoms with Crippen molar-refractivity contribution in [3.05, 3.63) is 23.0 Å². The second kappa shape index (κ2) is 4.14. The molecule has 0 saturated heterocycles. The summed E-state index contributed by atoms with van der Waals surface area (Å²) in [5.74, 6) is -1.13. The van der Waals surface area contributed by atoms with Crippen molar-refractivity contribution in [2.45, 2.75) is 0 Å². The van der Waals surface area contributed by atoms with Gasteiger partial charge in [-0.1, -0.05) is 16.8 Å². The Morgan fingerprint density at radius 2 is 2.24 bits per heavy atom. The second-order valence-corrected chi connectivity index (χ2v) is 3.59. The minimum Gasteiger partial charge on any atom is -0.504 e. The van der Waals surface area contributed by atoms with Gasteiger partial charge in [0.25, 0.3) is 0 Å². The minimum absolute atomic E-state index is 0.00435. The number of methoxy groups -OCH3 is 1. The molecule has 0 spiro atoms. The van der Waals surface area contributed by atoms with Gasteiger partial charge in [-0.2, -0.15) is 0 Å². The number of nitrogen functional groups attached to an aromatic ring is 1. The zero-order valence-electron chi connectivity index (χ0n) is 8.70. The third-order valence-corrected chi connectivity index (χ3v) is 2.51. The number of benzene rings is 1. The van der Waals surface area contributed by atoms with Crippen molar-refractivity contribution in [1.29, 1.82) is 0 Å². The van der Waals surface area contributed by atoms with Gasteiger partial charge < -0.3 is 20.1 Å². The van der Waals surface area contributed by atoms with E-state index < -0.39 is 5.82 Å². The Hall–Kier alpha value is -1.95. The minimum atomic E-state index is -0.790. The van der Waals surface area contributed by atoms with Crippen molar-refractivity contribution in [1.82, 2.24) is 5.16 Å². The maximum atomic E-state index is 13.4. The Morgan fingerprint density at radius 3 is 2.76 bits per heavy atom. The fraction of sp³-hybridized carbons (Fsp3) is 0.100. The molecule has 0 unspecified atom stereocenters. The molecule has 0 saturated carbocycles. The van der Waals surface area contributed by atoms with Gasteiger partial charge in [0.05, 0.1) is 17.7 Å². The van der Waals surface area contributed by atoms with E-state index in [1.807, 2.05) is 0 Å². The van der Waals surface area contributed by atoms with Gasteiger partial charge in [0, 0.05) is 12.1 Å². The molecule has 2 aromatic rings. The number of phenols is 1. The lowest BCUT2D eigenvalue weighted by molar-refractivity contribution is 0.372. The van der Waals surface area contributed by atoms with Crippen molar-refractivity contribution in [3.8, 4) is 22.8 Å². The van der Waals surface area contributed by atoms with E-state index in [2.05, 4.69) is 9.68 Å². The molecule has 0 aliphatic heterocycles. The topological polar surface area (TPSA) is 81.5 Å². The smallest absolute Gasteiger partial charge is 0.222 e. The molecule has 0 atom stereocenters. The highest BCUT2D eigenvalue weighted by molar-refractivity contribution is 6.34. The van der Waals surface area contributed by atoms with Crippen LogP contribution in [0.2, 0.25) is 5.02 Å². The first-order valence-electron chi connectivity index (χ1n) is 4.52. The predicted molar refractivity (Wildman–Crippen MR) is 59.5 cm³/mol. The number of nitrogens with zero attached hydrogens (tertiary/aromatic N) is 1. The molecule has 90 valence electrons. The van der Waals surface area contributed by atoms with Crippen LogP contribution in [0.3, 0.4) is 0 Å². The number of phenolic OH excluding ortho intramolecular Hbond substituents is 1. The number of rotatable bonds is 2. The molecule has 7 heteroatoms. The maximum absolute atomic E-state index is 13.4. The van der Waals surface area contributed by atoms with Gasteiger partial charge in [-0.15, -0.1) is 0 Å². The van der Waals surface area contributed by atoms with Crippen molar-refractivity contribution in [2.75, 3.05) is 12.8 Å². The van der Waals surface area contributed by atoms with Crippen LogP contribution < -0.4 is 10.5 Å². The van der Waals surface area contributed by atoms with Crippen LogP contribution in [-0.2, 0) is 0 Å². The van der Waals surface area contributed by atoms with E-state index in [1.54, 1.807) is 0 Å². The highest BCUT2D eigenvalue weighted by Gasteiger charge is 2.21. The number of hydrogen-bond donors (Lipinski definition) is 2. The van der Waals surface area contributed by atoms with Crippen LogP contribution >= 0.6 is 11.6 Å². The second-order valence-electron chi connectivity index (χ2n) is 3.21. The molecule has 0 fully saturated rings. The number of hydrogen-bond acceptors (Lipinski definition) is 5. The van der Waals surface area contributed by atoms with Crippen molar-refractivity contribution < 1.29 is 18.8 Å². The van der Waals surface area contributed by atoms with Gasteiger partial charge in [-0.3, -0.25) is 0 Å². The Kier molecular flexibility index (Phi) is 2.81. The van der Waals surface area contributed by atoms with Crippen LogP contribution in [0.25, 0.3) is 11.3 Å². The fourth-order valence-electron chi connectivity index (χ4n) is 1.44. The molecule has 0 aliphatic rings. The van der Waals surface area contributed by atoms with Crippen LogP contribution in [0.5, 0.6) is 11.5 Å². The van der Waals surface area contributed by atoms with Gasteiger partial charge >= 0.3 is 0 Å². The standard InChI is InChI=1S/C10H8ClFN2O3/c1-16-10-6(15)2-4(12)9(11)8(10)5-3-7(13)17-14-5/h2-3,15H,13H2,1H3. The Balaban J connectivity index is 2.74. The van der Waals surface area contributed by atoms with Crippen molar-refractivity contribution in [2.24, 2.45) is 0 Å². The van der Waals surface area contributed by atoms with Gasteiger partial charge in [0.1, 0.15) is 11.5 Å². The number of aromatic nitrogens is 1. The summed E-state index contributed by atoms with van der Waals surface area (Å²) in [5.41, 5.74) is 5.63. The fourth-order valence-corrected chi connectivity index (χ4v) is 1.68. The molecule has 0 radical (unpaired) electrons. The first kappa shape index (κ1) is 11.5. The normalized spacial score (nSPS) is 10.5. The molecule has 1 heterocycles. The molecule has 3 N–H and O–H groups in total. The Bertz CT molecular complexity index is 571. The van der Waals surface area contributed by atoms with Crippen LogP contribution in [0, 0.1) is 5.82 Å². The first-order chi connectivity index (χ1) is 8.04. The number of ether oxygens (including phenoxy) is 1. The largest absolute Gasteiger partial charge is 0.504 e. The first-order valence-corrected chi connectivity index (χ1v) is 4.90. The van der Waals surface area contributed by atoms with Crippen molar-refractivity contribution in [3.63, 3.8) is 0 Å². The summed E-state index contributed by atoms with van der Waals surface area (Å²) in [4.78, 5) is 0. The molecule has 0 bridgehead atoms. The number of anilines is 1. The maximum Gasteiger partial charge on any atom is 0.222 e. The summed E-state index contributed by atoms with van der Waals surface area (Å²) in [5, 5.41) is 12.9. The molecule has 1 aromatic carbocycles. The SMILES string of the molecule is COc1c(O)cc(F)c(Cl)c1-c1cc(N)on1. The predicted octanol–water partition coefficient (Wildman–Crippen LogP) is 2.43. The average Bonchev–Trinajstić information content (AvgIpc) is 2.69. The van der Waals surface area contributed by atoms with Crippen LogP contribution in [0.4, 0.5) is 10.3 Å². The summed E-state index contributed by atoms with van der Waals surface area (Å²) in [6, 6.07) is 2.21. The van der Waals surface area contributed by atoms with E-state index in [1.165, 1.54) is 13.2 Å². The zero-order chi connectivity index (χ0) is 12.6. The molecule has 0 aliphatic carbocycles. The van der Waals surface area contributed by atoms with E-state index in [-0.39, 0.29) is 33.7 Å². The molecule has 2 rings (SSSR count). The summed E-state index contributed by atoms with van der Waals surface area (Å²) in [6.07, 6.45) is 0. The van der Waals surface area contributed by atoms with Gasteiger partial charge in [0.2, 0.25) is 5.88 Å². The molecule has 17 heavy (non-hydrogen) atoms. The van der Waals surface area contributed by atoms with E-state index in [0.29, 0.717) is 0 Å². The van der Waals surface area contributed by atoms with Gasteiger partial charge in [0.15, 0.2) is 11.5 Å². The highest BCUT2D eigenvalue weighted by atomic mass is 35.5. The molecular formula is C10H8ClFN2O3. The van der Waals surface area contributed by atoms with Crippen LogP contribution in [0.15, 0.2) is 16.7 Å². The summed E-state index contributed by atoms with van der Waals surface area (Å²) in [7, 11) is 1.32. The van der Waals surface area contributed by atoms with Gasteiger partial charge in [-0.25, -0.2) is 4.39 Å². The third kappa shape index (κ3) is 1.87. The van der Waals surface area contributed by atoms with E-state index in [4.69, 9.17) is 22.1 Å². The summed E-state index contributed by atoms with van der Waals surface area (Å²) < 4.78 is 23.0. The van der Waals surface area contributed by atoms with Crippen LogP contribution in [-0.4, -0.2) is 17.4 Å². The van der Waals surface area contributed by atoms with Crippen LogP contribution in [0.1, 0.15) is 0 Å². The lowest BCUT2D eigenvalue weighted by atomic mass is 10.1. The average molecular weight is 259 g/mol. The summed E-state index contributed by atoms with van der Waals surface area (Å²) >= 11 is 5.80. The molecule has 1 aromatic heterocycles. The molecule has 5 nitrogen and oxygen atoms in total. The quantitative estimate of drug-likeness (QED) is 0.865. The van der Waals surface area contributed by atoms with Gasteiger partial charge in [-0.05, 0) is 0 Å². The number of halogens is 2. The lowest BCUT2D eigenvalue weighted by Gasteiger charge is -2.10. The van der Waals surface area contributed by atoms with E-state index >= 15 is 0 Å². The third-order valence-electron chi connectivity index (χ3n) is 2.14. The zero-order valence-corrected chi connectivity index (χ0v) is 9.45. The Labute approximate surface area is 101 Å². The number of nitrogens with two attached hydrogens (primary N) is 1. The highest BCUT2D eigenvalue weighted by Crippen LogP contribution is 2.43. The Morgan fingerprint density at radius 1 is 1.53 bits per heavy atom. The lowest BCUT2D eigenvalue weighted by Crippen LogP contribution is -1.92. The van der Waals surface area contributed by atoms with E-state index in [0.717, 1.165) is 6.07 Å². The summed E-state index contributed by atoms with van der Waals surface area (Å²) in [6.45, 7) is 0. The molecular weight excluding hydrogens is 251 g/mol. The molecule has 0 amide bonds.